The van der Waals surface area contributed by atoms with Crippen LogP contribution in [0.2, 0.25) is 5.02 Å². The third-order valence-electron chi connectivity index (χ3n) is 2.42. The summed E-state index contributed by atoms with van der Waals surface area (Å²) >= 11 is 7.53. The first-order valence-electron chi connectivity index (χ1n) is 4.97. The van der Waals surface area contributed by atoms with Crippen LogP contribution in [0, 0.1) is 6.92 Å². The van der Waals surface area contributed by atoms with Gasteiger partial charge in [-0.1, -0.05) is 11.6 Å². The van der Waals surface area contributed by atoms with Crippen LogP contribution in [0.4, 0.5) is 0 Å². The highest BCUT2D eigenvalue weighted by Crippen LogP contribution is 2.18. The van der Waals surface area contributed by atoms with Gasteiger partial charge in [-0.05, 0) is 53.1 Å². The lowest BCUT2D eigenvalue weighted by atomic mass is 10.0. The zero-order valence-corrected chi connectivity index (χ0v) is 10.4. The molecule has 1 heterocycles. The van der Waals surface area contributed by atoms with Gasteiger partial charge in [-0.25, -0.2) is 0 Å². The lowest BCUT2D eigenvalue weighted by Gasteiger charge is -2.02. The SMILES string of the molecule is Cc1cc(C(=O)Cc2ccsc2)ccc1Cl. The van der Waals surface area contributed by atoms with Crippen molar-refractivity contribution in [2.45, 2.75) is 13.3 Å². The number of Topliss-reactive ketones (excluding diaryl/α,β-unsaturated/α-hetero) is 1. The summed E-state index contributed by atoms with van der Waals surface area (Å²) in [6.07, 6.45) is 0.463. The second kappa shape index (κ2) is 4.81. The molecule has 1 nitrogen and oxygen atoms in total. The normalized spacial score (nSPS) is 10.4. The molecule has 1 aromatic carbocycles. The van der Waals surface area contributed by atoms with Crippen LogP contribution in [-0.2, 0) is 6.42 Å². The van der Waals surface area contributed by atoms with Gasteiger partial charge in [-0.15, -0.1) is 0 Å². The van der Waals surface area contributed by atoms with Crippen LogP contribution < -0.4 is 0 Å². The van der Waals surface area contributed by atoms with Gasteiger partial charge in [0.1, 0.15) is 0 Å². The average molecular weight is 251 g/mol. The van der Waals surface area contributed by atoms with Crippen LogP contribution in [0.15, 0.2) is 35.0 Å². The fourth-order valence-electron chi connectivity index (χ4n) is 1.50. The maximum atomic E-state index is 11.9. The minimum atomic E-state index is 0.137. The lowest BCUT2D eigenvalue weighted by molar-refractivity contribution is 0.0993. The van der Waals surface area contributed by atoms with Gasteiger partial charge in [0.2, 0.25) is 0 Å². The van der Waals surface area contributed by atoms with Crippen LogP contribution in [0.5, 0.6) is 0 Å². The van der Waals surface area contributed by atoms with Crippen molar-refractivity contribution in [3.63, 3.8) is 0 Å². The number of carbonyl (C=O) groups excluding carboxylic acids is 1. The quantitative estimate of drug-likeness (QED) is 0.749. The smallest absolute Gasteiger partial charge is 0.167 e. The zero-order valence-electron chi connectivity index (χ0n) is 8.87. The zero-order chi connectivity index (χ0) is 11.5. The second-order valence-corrected chi connectivity index (χ2v) is 4.88. The monoisotopic (exact) mass is 250 g/mol. The Bertz CT molecular complexity index is 503. The molecule has 16 heavy (non-hydrogen) atoms. The molecule has 0 aliphatic carbocycles. The van der Waals surface area contributed by atoms with Crippen LogP contribution in [0.25, 0.3) is 0 Å². The van der Waals surface area contributed by atoms with Gasteiger partial charge in [0.25, 0.3) is 0 Å². The highest BCUT2D eigenvalue weighted by atomic mass is 35.5. The number of benzene rings is 1. The summed E-state index contributed by atoms with van der Waals surface area (Å²) in [6.45, 7) is 1.91. The number of carbonyl (C=O) groups is 1. The Kier molecular flexibility index (Phi) is 3.42. The fraction of sp³-hybridized carbons (Fsp3) is 0.154. The molecule has 0 saturated heterocycles. The van der Waals surface area contributed by atoms with Gasteiger partial charge >= 0.3 is 0 Å². The minimum absolute atomic E-state index is 0.137. The van der Waals surface area contributed by atoms with E-state index in [4.69, 9.17) is 11.6 Å². The summed E-state index contributed by atoms with van der Waals surface area (Å²) in [7, 11) is 0. The van der Waals surface area contributed by atoms with Crippen molar-refractivity contribution in [3.05, 3.63) is 56.7 Å². The summed E-state index contributed by atoms with van der Waals surface area (Å²) in [5.74, 6) is 0.137. The highest BCUT2D eigenvalue weighted by molar-refractivity contribution is 7.08. The maximum absolute atomic E-state index is 11.9. The van der Waals surface area contributed by atoms with E-state index in [9.17, 15) is 4.79 Å². The number of ketones is 1. The molecule has 0 aliphatic heterocycles. The summed E-state index contributed by atoms with van der Waals surface area (Å²) in [5, 5.41) is 4.68. The molecule has 0 N–H and O–H groups in total. The van der Waals surface area contributed by atoms with Crippen molar-refractivity contribution in [2.24, 2.45) is 0 Å². The van der Waals surface area contributed by atoms with Crippen molar-refractivity contribution in [3.8, 4) is 0 Å². The number of aryl methyl sites for hydroxylation is 1. The van der Waals surface area contributed by atoms with E-state index in [1.54, 1.807) is 23.5 Å². The lowest BCUT2D eigenvalue weighted by Crippen LogP contribution is -2.02. The Morgan fingerprint density at radius 3 is 2.81 bits per heavy atom. The van der Waals surface area contributed by atoms with Gasteiger partial charge in [0, 0.05) is 17.0 Å². The maximum Gasteiger partial charge on any atom is 0.167 e. The van der Waals surface area contributed by atoms with Gasteiger partial charge < -0.3 is 0 Å². The van der Waals surface area contributed by atoms with E-state index in [0.717, 1.165) is 16.7 Å². The average Bonchev–Trinajstić information content (AvgIpc) is 2.74. The number of hydrogen-bond donors (Lipinski definition) is 0. The van der Waals surface area contributed by atoms with Gasteiger partial charge in [0.05, 0.1) is 0 Å². The van der Waals surface area contributed by atoms with Crippen LogP contribution in [0.1, 0.15) is 21.5 Å². The summed E-state index contributed by atoms with van der Waals surface area (Å²) < 4.78 is 0. The van der Waals surface area contributed by atoms with E-state index in [-0.39, 0.29) is 5.78 Å². The third kappa shape index (κ3) is 2.52. The number of thiophene rings is 1. The molecule has 0 aliphatic rings. The van der Waals surface area contributed by atoms with E-state index in [1.807, 2.05) is 29.8 Å². The molecule has 3 heteroatoms. The largest absolute Gasteiger partial charge is 0.294 e. The molecule has 82 valence electrons. The van der Waals surface area contributed by atoms with Crippen molar-refractivity contribution < 1.29 is 4.79 Å². The summed E-state index contributed by atoms with van der Waals surface area (Å²) in [6, 6.07) is 7.38. The van der Waals surface area contributed by atoms with Crippen molar-refractivity contribution >= 4 is 28.7 Å². The fourth-order valence-corrected chi connectivity index (χ4v) is 2.29. The molecule has 2 rings (SSSR count). The Labute approximate surface area is 104 Å². The predicted molar refractivity (Wildman–Crippen MR) is 68.5 cm³/mol. The van der Waals surface area contributed by atoms with Crippen LogP contribution in [0.3, 0.4) is 0 Å². The molecule has 0 spiro atoms. The first-order chi connectivity index (χ1) is 7.66. The number of hydrogen-bond acceptors (Lipinski definition) is 2. The van der Waals surface area contributed by atoms with E-state index in [2.05, 4.69) is 0 Å². The first-order valence-corrected chi connectivity index (χ1v) is 6.29. The Morgan fingerprint density at radius 2 is 2.19 bits per heavy atom. The molecular weight excluding hydrogens is 240 g/mol. The Morgan fingerprint density at radius 1 is 1.38 bits per heavy atom. The van der Waals surface area contributed by atoms with E-state index >= 15 is 0 Å². The van der Waals surface area contributed by atoms with Crippen LogP contribution >= 0.6 is 22.9 Å². The molecule has 0 radical (unpaired) electrons. The molecule has 0 unspecified atom stereocenters. The topological polar surface area (TPSA) is 17.1 Å². The molecule has 0 saturated carbocycles. The second-order valence-electron chi connectivity index (χ2n) is 3.70. The molecular formula is C13H11ClOS. The minimum Gasteiger partial charge on any atom is -0.294 e. The molecule has 0 bridgehead atoms. The molecule has 0 atom stereocenters. The summed E-state index contributed by atoms with van der Waals surface area (Å²) in [5.41, 5.74) is 2.74. The molecule has 0 fully saturated rings. The van der Waals surface area contributed by atoms with Gasteiger partial charge in [-0.3, -0.25) is 4.79 Å². The van der Waals surface area contributed by atoms with E-state index in [1.165, 1.54) is 0 Å². The van der Waals surface area contributed by atoms with Crippen LogP contribution in [-0.4, -0.2) is 5.78 Å². The van der Waals surface area contributed by atoms with Gasteiger partial charge in [0.15, 0.2) is 5.78 Å². The Balaban J connectivity index is 2.18. The van der Waals surface area contributed by atoms with E-state index in [0.29, 0.717) is 11.4 Å². The number of rotatable bonds is 3. The molecule has 1 aromatic heterocycles. The first kappa shape index (κ1) is 11.4. The van der Waals surface area contributed by atoms with Crippen molar-refractivity contribution in [2.75, 3.05) is 0 Å². The van der Waals surface area contributed by atoms with Gasteiger partial charge in [-0.2, -0.15) is 11.3 Å². The Hall–Kier alpha value is -1.12. The third-order valence-corrected chi connectivity index (χ3v) is 3.58. The van der Waals surface area contributed by atoms with Crippen molar-refractivity contribution in [1.82, 2.24) is 0 Å². The molecule has 0 amide bonds. The molecule has 2 aromatic rings. The predicted octanol–water partition coefficient (Wildman–Crippen LogP) is 4.14. The highest BCUT2D eigenvalue weighted by Gasteiger charge is 2.08. The van der Waals surface area contributed by atoms with Crippen molar-refractivity contribution in [1.29, 1.82) is 0 Å². The summed E-state index contributed by atoms with van der Waals surface area (Å²) in [4.78, 5) is 11.9. The standard InChI is InChI=1S/C13H11ClOS/c1-9-6-11(2-3-12(9)14)13(15)7-10-4-5-16-8-10/h2-6,8H,7H2,1H3. The number of halogens is 1. The van der Waals surface area contributed by atoms with E-state index < -0.39 is 0 Å².